The number of hydrogen-bond donors (Lipinski definition) is 0. The molecule has 2 amide bonds. The predicted octanol–water partition coefficient (Wildman–Crippen LogP) is 7.59. The van der Waals surface area contributed by atoms with Crippen molar-refractivity contribution in [3.63, 3.8) is 0 Å². The molecule has 0 aliphatic carbocycles. The second-order valence-corrected chi connectivity index (χ2v) is 13.0. The molecule has 0 unspecified atom stereocenters. The minimum Gasteiger partial charge on any atom is -0.444 e. The molecule has 0 radical (unpaired) electrons. The van der Waals surface area contributed by atoms with E-state index in [0.717, 1.165) is 34.3 Å². The van der Waals surface area contributed by atoms with Gasteiger partial charge in [-0.3, -0.25) is 0 Å². The number of carbonyl (C=O) groups excluding carboxylic acids is 2. The second-order valence-electron chi connectivity index (χ2n) is 13.0. The summed E-state index contributed by atoms with van der Waals surface area (Å²) in [6.07, 6.45) is 4.62. The minimum absolute atomic E-state index is 0.0964. The van der Waals surface area contributed by atoms with Crippen LogP contribution in [0.5, 0.6) is 0 Å². The Balaban J connectivity index is 1.22. The predicted molar refractivity (Wildman–Crippen MR) is 166 cm³/mol. The Kier molecular flexibility index (Phi) is 8.63. The molecule has 0 saturated carbocycles. The van der Waals surface area contributed by atoms with Gasteiger partial charge in [0.05, 0.1) is 5.56 Å². The van der Waals surface area contributed by atoms with E-state index in [-0.39, 0.29) is 23.6 Å². The summed E-state index contributed by atoms with van der Waals surface area (Å²) in [6, 6.07) is 12.7. The highest BCUT2D eigenvalue weighted by Crippen LogP contribution is 2.31. The van der Waals surface area contributed by atoms with E-state index in [0.29, 0.717) is 38.5 Å². The number of ether oxygens (including phenoxy) is 2. The molecule has 3 aromatic rings. The van der Waals surface area contributed by atoms with Crippen molar-refractivity contribution in [1.29, 1.82) is 0 Å². The van der Waals surface area contributed by atoms with Gasteiger partial charge in [-0.25, -0.2) is 14.0 Å². The fourth-order valence-corrected chi connectivity index (χ4v) is 5.01. The van der Waals surface area contributed by atoms with E-state index in [2.05, 4.69) is 10.2 Å². The lowest BCUT2D eigenvalue weighted by Gasteiger charge is -2.29. The first-order valence-corrected chi connectivity index (χ1v) is 14.8. The molecular weight excluding hydrogens is 563 g/mol. The summed E-state index contributed by atoms with van der Waals surface area (Å²) < 4.78 is 32.0. The number of amides is 2. The highest BCUT2D eigenvalue weighted by Gasteiger charge is 2.26. The van der Waals surface area contributed by atoms with E-state index in [1.807, 2.05) is 84.0 Å². The van der Waals surface area contributed by atoms with Crippen LogP contribution in [0.25, 0.3) is 34.1 Å². The Bertz CT molecular complexity index is 1590. The number of carbonyl (C=O) groups is 2. The van der Waals surface area contributed by atoms with Gasteiger partial charge in [0.15, 0.2) is 0 Å². The third-order valence-corrected chi connectivity index (χ3v) is 7.22. The van der Waals surface area contributed by atoms with Gasteiger partial charge in [0.25, 0.3) is 5.89 Å². The Morgan fingerprint density at radius 1 is 0.727 bits per heavy atom. The fourth-order valence-electron chi connectivity index (χ4n) is 5.01. The van der Waals surface area contributed by atoms with Crippen molar-refractivity contribution in [2.75, 3.05) is 26.2 Å². The van der Waals surface area contributed by atoms with Crippen LogP contribution >= 0.6 is 0 Å². The van der Waals surface area contributed by atoms with E-state index in [1.165, 1.54) is 6.07 Å². The Labute approximate surface area is 257 Å². The van der Waals surface area contributed by atoms with Gasteiger partial charge in [0.2, 0.25) is 5.89 Å². The highest BCUT2D eigenvalue weighted by atomic mass is 19.1. The average molecular weight is 603 g/mol. The average Bonchev–Trinajstić information content (AvgIpc) is 3.46. The Morgan fingerprint density at radius 2 is 1.20 bits per heavy atom. The highest BCUT2D eigenvalue weighted by molar-refractivity contribution is 5.75. The zero-order valence-corrected chi connectivity index (χ0v) is 26.1. The maximum atomic E-state index is 15.2. The lowest BCUT2D eigenvalue weighted by Crippen LogP contribution is -2.39. The summed E-state index contributed by atoms with van der Waals surface area (Å²) in [5.41, 5.74) is 3.77. The first-order chi connectivity index (χ1) is 20.8. The Hall–Kier alpha value is -4.47. The number of hydrogen-bond acceptors (Lipinski definition) is 7. The molecular formula is C34H39FN4O5. The Morgan fingerprint density at radius 3 is 1.68 bits per heavy atom. The van der Waals surface area contributed by atoms with Crippen LogP contribution in [0.3, 0.4) is 0 Å². The van der Waals surface area contributed by atoms with Crippen molar-refractivity contribution < 1.29 is 27.9 Å². The molecule has 3 heterocycles. The second kappa shape index (κ2) is 12.3. The molecule has 1 aromatic heterocycles. The van der Waals surface area contributed by atoms with Crippen LogP contribution in [0.2, 0.25) is 0 Å². The molecule has 0 N–H and O–H groups in total. The van der Waals surface area contributed by atoms with Crippen LogP contribution in [0.1, 0.15) is 65.5 Å². The molecule has 2 aromatic carbocycles. The topological polar surface area (TPSA) is 98.0 Å². The van der Waals surface area contributed by atoms with Crippen molar-refractivity contribution in [3.8, 4) is 22.9 Å². The maximum absolute atomic E-state index is 15.2. The number of halogens is 1. The summed E-state index contributed by atoms with van der Waals surface area (Å²) in [7, 11) is 0. The normalized spacial score (nSPS) is 15.9. The van der Waals surface area contributed by atoms with Crippen LogP contribution in [-0.2, 0) is 9.47 Å². The molecule has 44 heavy (non-hydrogen) atoms. The van der Waals surface area contributed by atoms with Crippen molar-refractivity contribution in [2.45, 2.75) is 65.6 Å². The van der Waals surface area contributed by atoms with E-state index in [1.54, 1.807) is 15.9 Å². The third-order valence-electron chi connectivity index (χ3n) is 7.22. The lowest BCUT2D eigenvalue weighted by atomic mass is 9.98. The minimum atomic E-state index is -0.556. The molecule has 5 rings (SSSR count). The van der Waals surface area contributed by atoms with Gasteiger partial charge in [-0.15, -0.1) is 10.2 Å². The molecule has 0 spiro atoms. The molecule has 2 aliphatic heterocycles. The van der Waals surface area contributed by atoms with E-state index >= 15 is 4.39 Å². The van der Waals surface area contributed by atoms with Gasteiger partial charge in [0, 0.05) is 31.7 Å². The number of nitrogens with zero attached hydrogens (tertiary/aromatic N) is 4. The molecule has 232 valence electrons. The SMILES string of the molecule is CC(C)(C)OC(=O)N1CC=C(c2ccc(-c3nnc(-c4ccc(C5=CCN(C(=O)OC(C)(C)C)CC5)cc4F)o3)cc2)CC1. The summed E-state index contributed by atoms with van der Waals surface area (Å²) in [6.45, 7) is 13.1. The molecule has 9 nitrogen and oxygen atoms in total. The summed E-state index contributed by atoms with van der Waals surface area (Å²) in [5.74, 6) is -0.0757. The molecule has 2 aliphatic rings. The molecule has 10 heteroatoms. The van der Waals surface area contributed by atoms with Crippen LogP contribution < -0.4 is 0 Å². The number of aromatic nitrogens is 2. The summed E-state index contributed by atoms with van der Waals surface area (Å²) in [4.78, 5) is 28.0. The zero-order valence-electron chi connectivity index (χ0n) is 26.1. The van der Waals surface area contributed by atoms with Crippen molar-refractivity contribution in [2.24, 2.45) is 0 Å². The summed E-state index contributed by atoms with van der Waals surface area (Å²) in [5, 5.41) is 8.25. The zero-order chi connectivity index (χ0) is 31.6. The number of benzene rings is 2. The van der Waals surface area contributed by atoms with Crippen LogP contribution in [0, 0.1) is 5.82 Å². The summed E-state index contributed by atoms with van der Waals surface area (Å²) >= 11 is 0. The number of rotatable bonds is 4. The van der Waals surface area contributed by atoms with Crippen molar-refractivity contribution >= 4 is 23.3 Å². The molecule has 0 saturated heterocycles. The van der Waals surface area contributed by atoms with Crippen LogP contribution in [-0.4, -0.2) is 69.6 Å². The molecule has 0 fully saturated rings. The first-order valence-electron chi connectivity index (χ1n) is 14.8. The van der Waals surface area contributed by atoms with Gasteiger partial charge in [-0.1, -0.05) is 30.4 Å². The van der Waals surface area contributed by atoms with Gasteiger partial charge in [0.1, 0.15) is 17.0 Å². The third kappa shape index (κ3) is 7.53. The van der Waals surface area contributed by atoms with Crippen LogP contribution in [0.4, 0.5) is 14.0 Å². The monoisotopic (exact) mass is 602 g/mol. The van der Waals surface area contributed by atoms with E-state index in [4.69, 9.17) is 13.9 Å². The molecule has 0 atom stereocenters. The smallest absolute Gasteiger partial charge is 0.410 e. The quantitative estimate of drug-likeness (QED) is 0.303. The largest absolute Gasteiger partial charge is 0.444 e. The maximum Gasteiger partial charge on any atom is 0.410 e. The van der Waals surface area contributed by atoms with Crippen molar-refractivity contribution in [3.05, 3.63) is 71.6 Å². The van der Waals surface area contributed by atoms with Gasteiger partial charge in [-0.2, -0.15) is 0 Å². The fraction of sp³-hybridized carbons (Fsp3) is 0.412. The standard InChI is InChI=1S/C34H39FN4O5/c1-33(2,3)43-31(40)38-17-13-23(14-18-38)22-7-9-25(10-8-22)29-36-37-30(42-29)27-12-11-26(21-28(27)35)24-15-19-39(20-16-24)32(41)44-34(4,5)6/h7-13,15,21H,14,16-20H2,1-6H3. The van der Waals surface area contributed by atoms with E-state index in [9.17, 15) is 9.59 Å². The van der Waals surface area contributed by atoms with Crippen molar-refractivity contribution in [1.82, 2.24) is 20.0 Å². The van der Waals surface area contributed by atoms with Gasteiger partial charge < -0.3 is 23.7 Å². The van der Waals surface area contributed by atoms with Gasteiger partial charge in [-0.05, 0) is 101 Å². The first kappa shape index (κ1) is 31.0. The van der Waals surface area contributed by atoms with Gasteiger partial charge >= 0.3 is 12.2 Å². The van der Waals surface area contributed by atoms with Crippen LogP contribution in [0.15, 0.2) is 59.0 Å². The molecule has 0 bridgehead atoms. The van der Waals surface area contributed by atoms with E-state index < -0.39 is 17.0 Å². The lowest BCUT2D eigenvalue weighted by molar-refractivity contribution is 0.0260.